The Morgan fingerprint density at radius 1 is 1.24 bits per heavy atom. The first-order valence-corrected chi connectivity index (χ1v) is 7.12. The van der Waals surface area contributed by atoms with Crippen molar-refractivity contribution in [3.05, 3.63) is 64.7 Å². The molecule has 6 heteroatoms. The van der Waals surface area contributed by atoms with E-state index in [4.69, 9.17) is 22.7 Å². The fourth-order valence-electron chi connectivity index (χ4n) is 1.56. The SMILES string of the molecule is N#Cc1ccc(SN=CC(=NN)c2cccc(Cl)c2)cc1. The molecule has 0 saturated heterocycles. The number of hydrazone groups is 1. The Bertz CT molecular complexity index is 717. The molecule has 21 heavy (non-hydrogen) atoms. The maximum absolute atomic E-state index is 8.73. The molecule has 4 nitrogen and oxygen atoms in total. The highest BCUT2D eigenvalue weighted by atomic mass is 35.5. The number of hydrogen-bond acceptors (Lipinski definition) is 5. The topological polar surface area (TPSA) is 74.5 Å². The lowest BCUT2D eigenvalue weighted by molar-refractivity contribution is 1.25. The number of nitrogens with two attached hydrogens (primary N) is 1. The van der Waals surface area contributed by atoms with Gasteiger partial charge in [0.1, 0.15) is 5.71 Å². The molecule has 0 spiro atoms. The molecule has 2 N–H and O–H groups in total. The van der Waals surface area contributed by atoms with Gasteiger partial charge < -0.3 is 5.84 Å². The molecule has 0 radical (unpaired) electrons. The van der Waals surface area contributed by atoms with Gasteiger partial charge in [-0.25, -0.2) is 4.40 Å². The van der Waals surface area contributed by atoms with Gasteiger partial charge in [-0.15, -0.1) is 0 Å². The van der Waals surface area contributed by atoms with Crippen molar-refractivity contribution in [2.45, 2.75) is 4.90 Å². The number of nitrogens with zero attached hydrogens (tertiary/aromatic N) is 3. The third kappa shape index (κ3) is 4.35. The minimum atomic E-state index is 0.540. The van der Waals surface area contributed by atoms with E-state index in [1.807, 2.05) is 24.3 Å². The standard InChI is InChI=1S/C15H11ClN4S/c16-13-3-1-2-12(8-13)15(20-18)10-19-21-14-6-4-11(9-17)5-7-14/h1-8,10H,18H2. The van der Waals surface area contributed by atoms with Crippen LogP contribution in [0, 0.1) is 11.3 Å². The van der Waals surface area contributed by atoms with Crippen LogP contribution < -0.4 is 5.84 Å². The summed E-state index contributed by atoms with van der Waals surface area (Å²) in [6, 6.07) is 16.4. The van der Waals surface area contributed by atoms with Crippen LogP contribution in [0.3, 0.4) is 0 Å². The summed E-state index contributed by atoms with van der Waals surface area (Å²) >= 11 is 7.21. The van der Waals surface area contributed by atoms with Crippen molar-refractivity contribution >= 4 is 35.5 Å². The van der Waals surface area contributed by atoms with Gasteiger partial charge in [-0.05, 0) is 36.4 Å². The predicted octanol–water partition coefficient (Wildman–Crippen LogP) is 3.65. The van der Waals surface area contributed by atoms with E-state index in [1.54, 1.807) is 30.5 Å². The number of nitriles is 1. The van der Waals surface area contributed by atoms with Crippen LogP contribution in [-0.4, -0.2) is 11.9 Å². The lowest BCUT2D eigenvalue weighted by Crippen LogP contribution is -2.05. The molecule has 2 aromatic carbocycles. The molecule has 0 amide bonds. The molecule has 0 aliphatic carbocycles. The smallest absolute Gasteiger partial charge is 0.109 e. The van der Waals surface area contributed by atoms with Gasteiger partial charge in [0.2, 0.25) is 0 Å². The van der Waals surface area contributed by atoms with Crippen molar-refractivity contribution in [3.8, 4) is 6.07 Å². The Balaban J connectivity index is 2.07. The van der Waals surface area contributed by atoms with Gasteiger partial charge in [0.05, 0.1) is 17.8 Å². The molecule has 0 heterocycles. The summed E-state index contributed by atoms with van der Waals surface area (Å²) < 4.78 is 4.23. The first kappa shape index (κ1) is 15.1. The summed E-state index contributed by atoms with van der Waals surface area (Å²) in [5, 5.41) is 13.1. The predicted molar refractivity (Wildman–Crippen MR) is 87.7 cm³/mol. The molecular weight excluding hydrogens is 304 g/mol. The summed E-state index contributed by atoms with van der Waals surface area (Å²) in [5.41, 5.74) is 1.96. The van der Waals surface area contributed by atoms with Crippen LogP contribution in [0.5, 0.6) is 0 Å². The highest BCUT2D eigenvalue weighted by Gasteiger charge is 2.01. The summed E-state index contributed by atoms with van der Waals surface area (Å²) in [6.45, 7) is 0. The average molecular weight is 315 g/mol. The first-order chi connectivity index (χ1) is 10.2. The quantitative estimate of drug-likeness (QED) is 0.405. The van der Waals surface area contributed by atoms with Crippen LogP contribution in [-0.2, 0) is 0 Å². The second-order valence-electron chi connectivity index (χ2n) is 3.99. The van der Waals surface area contributed by atoms with Crippen LogP contribution in [0.25, 0.3) is 0 Å². The molecule has 0 saturated carbocycles. The number of halogens is 1. The van der Waals surface area contributed by atoms with Crippen molar-refractivity contribution in [3.63, 3.8) is 0 Å². The maximum atomic E-state index is 8.73. The number of hydrogen-bond donors (Lipinski definition) is 1. The first-order valence-electron chi connectivity index (χ1n) is 5.97. The molecule has 0 atom stereocenters. The molecule has 0 unspecified atom stereocenters. The highest BCUT2D eigenvalue weighted by molar-refractivity contribution is 7.98. The molecule has 0 fully saturated rings. The van der Waals surface area contributed by atoms with Crippen LogP contribution >= 0.6 is 23.5 Å². The number of benzene rings is 2. The third-order valence-electron chi connectivity index (χ3n) is 2.58. The second kappa shape index (κ2) is 7.48. The van der Waals surface area contributed by atoms with Crippen LogP contribution in [0.4, 0.5) is 0 Å². The fourth-order valence-corrected chi connectivity index (χ4v) is 2.28. The van der Waals surface area contributed by atoms with Gasteiger partial charge in [0, 0.05) is 27.4 Å². The largest absolute Gasteiger partial charge is 0.323 e. The summed E-state index contributed by atoms with van der Waals surface area (Å²) in [5.74, 6) is 5.38. The van der Waals surface area contributed by atoms with E-state index >= 15 is 0 Å². The monoisotopic (exact) mass is 314 g/mol. The minimum absolute atomic E-state index is 0.540. The summed E-state index contributed by atoms with van der Waals surface area (Å²) in [4.78, 5) is 0.924. The highest BCUT2D eigenvalue weighted by Crippen LogP contribution is 2.19. The normalized spacial score (nSPS) is 11.5. The van der Waals surface area contributed by atoms with Crippen molar-refractivity contribution in [2.75, 3.05) is 0 Å². The van der Waals surface area contributed by atoms with Gasteiger partial charge in [-0.3, -0.25) is 0 Å². The zero-order valence-corrected chi connectivity index (χ0v) is 12.5. The van der Waals surface area contributed by atoms with Crippen LogP contribution in [0.1, 0.15) is 11.1 Å². The molecule has 0 bridgehead atoms. The molecule has 2 aromatic rings. The molecule has 0 aliphatic heterocycles. The molecular formula is C15H11ClN4S. The Morgan fingerprint density at radius 3 is 2.62 bits per heavy atom. The minimum Gasteiger partial charge on any atom is -0.323 e. The van der Waals surface area contributed by atoms with Crippen LogP contribution in [0.15, 0.2) is 62.9 Å². The average Bonchev–Trinajstić information content (AvgIpc) is 2.52. The third-order valence-corrected chi connectivity index (χ3v) is 3.50. The molecule has 0 aromatic heterocycles. The maximum Gasteiger partial charge on any atom is 0.109 e. The Labute approximate surface area is 132 Å². The van der Waals surface area contributed by atoms with E-state index in [1.165, 1.54) is 11.9 Å². The molecule has 104 valence electrons. The van der Waals surface area contributed by atoms with E-state index in [-0.39, 0.29) is 0 Å². The summed E-state index contributed by atoms with van der Waals surface area (Å²) in [7, 11) is 0. The van der Waals surface area contributed by atoms with Crippen molar-refractivity contribution < 1.29 is 0 Å². The lowest BCUT2D eigenvalue weighted by atomic mass is 10.1. The molecule has 2 rings (SSSR count). The van der Waals surface area contributed by atoms with Crippen LogP contribution in [0.2, 0.25) is 5.02 Å². The Hall–Kier alpha value is -2.29. The molecule has 0 aliphatic rings. The Morgan fingerprint density at radius 2 is 2.00 bits per heavy atom. The van der Waals surface area contributed by atoms with Crippen molar-refractivity contribution in [1.29, 1.82) is 5.26 Å². The van der Waals surface area contributed by atoms with E-state index in [0.29, 0.717) is 16.3 Å². The fraction of sp³-hybridized carbons (Fsp3) is 0. The Kier molecular flexibility index (Phi) is 5.38. The van der Waals surface area contributed by atoms with E-state index in [0.717, 1.165) is 10.5 Å². The van der Waals surface area contributed by atoms with Crippen molar-refractivity contribution in [1.82, 2.24) is 0 Å². The van der Waals surface area contributed by atoms with Gasteiger partial charge in [-0.1, -0.05) is 23.7 Å². The van der Waals surface area contributed by atoms with E-state index in [9.17, 15) is 0 Å². The van der Waals surface area contributed by atoms with Gasteiger partial charge >= 0.3 is 0 Å². The van der Waals surface area contributed by atoms with Gasteiger partial charge in [-0.2, -0.15) is 10.4 Å². The zero-order chi connectivity index (χ0) is 15.1. The summed E-state index contributed by atoms with van der Waals surface area (Å²) in [6.07, 6.45) is 1.58. The number of rotatable bonds is 4. The van der Waals surface area contributed by atoms with E-state index < -0.39 is 0 Å². The van der Waals surface area contributed by atoms with Crippen molar-refractivity contribution in [2.24, 2.45) is 15.3 Å². The van der Waals surface area contributed by atoms with E-state index in [2.05, 4.69) is 15.6 Å². The van der Waals surface area contributed by atoms with Gasteiger partial charge in [0.15, 0.2) is 0 Å². The second-order valence-corrected chi connectivity index (χ2v) is 5.29. The zero-order valence-electron chi connectivity index (χ0n) is 10.9. The van der Waals surface area contributed by atoms with Gasteiger partial charge in [0.25, 0.3) is 0 Å². The lowest BCUT2D eigenvalue weighted by Gasteiger charge is -2.00.